The van der Waals surface area contributed by atoms with E-state index in [4.69, 9.17) is 14.2 Å². The number of hydrogen-bond donors (Lipinski definition) is 2. The summed E-state index contributed by atoms with van der Waals surface area (Å²) in [5.41, 5.74) is 2.77. The number of nitrogens with zero attached hydrogens (tertiary/aromatic N) is 2. The van der Waals surface area contributed by atoms with E-state index in [2.05, 4.69) is 20.6 Å². The molecule has 0 bridgehead atoms. The molecule has 0 atom stereocenters. The van der Waals surface area contributed by atoms with Crippen LogP contribution in [0.2, 0.25) is 0 Å². The first-order valence-corrected chi connectivity index (χ1v) is 9.18. The largest absolute Gasteiger partial charge is 0.492 e. The molecule has 7 heteroatoms. The van der Waals surface area contributed by atoms with Crippen LogP contribution in [0.1, 0.15) is 18.2 Å². The lowest BCUT2D eigenvalue weighted by molar-refractivity contribution is 0.174. The summed E-state index contributed by atoms with van der Waals surface area (Å²) in [6.07, 6.45) is 0. The molecule has 0 fully saturated rings. The maximum atomic E-state index is 5.66. The third-order valence-corrected chi connectivity index (χ3v) is 4.20. The number of fused-ring (bicyclic) bond motifs is 1. The molecule has 2 aromatic carbocycles. The molecule has 0 saturated carbocycles. The second-order valence-corrected chi connectivity index (χ2v) is 6.31. The van der Waals surface area contributed by atoms with E-state index in [1.165, 1.54) is 0 Å². The van der Waals surface area contributed by atoms with Gasteiger partial charge in [0.2, 0.25) is 12.7 Å². The zero-order valence-corrected chi connectivity index (χ0v) is 15.9. The van der Waals surface area contributed by atoms with Crippen LogP contribution in [0.25, 0.3) is 0 Å². The fraction of sp³-hybridized carbons (Fsp3) is 0.238. The minimum Gasteiger partial charge on any atom is -0.492 e. The molecular formula is C21H22N4O3. The van der Waals surface area contributed by atoms with Crippen LogP contribution < -0.4 is 24.8 Å². The van der Waals surface area contributed by atoms with Crippen molar-refractivity contribution in [1.29, 1.82) is 0 Å². The summed E-state index contributed by atoms with van der Waals surface area (Å²) in [4.78, 5) is 9.05. The SMILES string of the molecule is CCOc1ccccc1Nc1nc(C)cc(NCc2ccc3c(c2)OCO3)n1. The highest BCUT2D eigenvalue weighted by Gasteiger charge is 2.13. The monoisotopic (exact) mass is 378 g/mol. The van der Waals surface area contributed by atoms with E-state index in [0.717, 1.165) is 40.0 Å². The zero-order valence-electron chi connectivity index (χ0n) is 15.9. The second-order valence-electron chi connectivity index (χ2n) is 6.31. The van der Waals surface area contributed by atoms with Gasteiger partial charge >= 0.3 is 0 Å². The number of nitrogens with one attached hydrogen (secondary N) is 2. The van der Waals surface area contributed by atoms with Gasteiger partial charge in [-0.2, -0.15) is 4.98 Å². The number of aromatic nitrogens is 2. The third kappa shape index (κ3) is 4.09. The number of ether oxygens (including phenoxy) is 3. The number of anilines is 3. The molecule has 1 aromatic heterocycles. The molecule has 0 spiro atoms. The Kier molecular flexibility index (Phi) is 5.14. The first-order valence-electron chi connectivity index (χ1n) is 9.18. The van der Waals surface area contributed by atoms with Gasteiger partial charge in [-0.15, -0.1) is 0 Å². The van der Waals surface area contributed by atoms with Crippen molar-refractivity contribution < 1.29 is 14.2 Å². The molecular weight excluding hydrogens is 356 g/mol. The topological polar surface area (TPSA) is 77.5 Å². The number of para-hydroxylation sites is 2. The van der Waals surface area contributed by atoms with Gasteiger partial charge in [-0.25, -0.2) is 4.98 Å². The van der Waals surface area contributed by atoms with Gasteiger partial charge in [-0.3, -0.25) is 0 Å². The predicted octanol–water partition coefficient (Wildman–Crippen LogP) is 4.27. The summed E-state index contributed by atoms with van der Waals surface area (Å²) < 4.78 is 16.4. The lowest BCUT2D eigenvalue weighted by atomic mass is 10.2. The number of aryl methyl sites for hydroxylation is 1. The van der Waals surface area contributed by atoms with Crippen molar-refractivity contribution in [3.63, 3.8) is 0 Å². The minimum atomic E-state index is 0.273. The van der Waals surface area contributed by atoms with Crippen LogP contribution in [0.15, 0.2) is 48.5 Å². The van der Waals surface area contributed by atoms with Gasteiger partial charge < -0.3 is 24.8 Å². The molecule has 0 radical (unpaired) electrons. The molecule has 28 heavy (non-hydrogen) atoms. The normalized spacial score (nSPS) is 11.9. The highest BCUT2D eigenvalue weighted by Crippen LogP contribution is 2.32. The zero-order chi connectivity index (χ0) is 19.3. The average Bonchev–Trinajstić information content (AvgIpc) is 3.16. The number of hydrogen-bond acceptors (Lipinski definition) is 7. The standard InChI is InChI=1S/C21H22N4O3/c1-3-26-17-7-5-4-6-16(17)24-21-23-14(2)10-20(25-21)22-12-15-8-9-18-19(11-15)28-13-27-18/h4-11H,3,12-13H2,1-2H3,(H2,22,23,24,25). The van der Waals surface area contributed by atoms with Crippen molar-refractivity contribution in [1.82, 2.24) is 9.97 Å². The Bertz CT molecular complexity index is 978. The van der Waals surface area contributed by atoms with Gasteiger partial charge in [-0.1, -0.05) is 18.2 Å². The molecule has 1 aliphatic heterocycles. The Balaban J connectivity index is 1.48. The highest BCUT2D eigenvalue weighted by molar-refractivity contribution is 5.63. The Morgan fingerprint density at radius 2 is 1.89 bits per heavy atom. The first kappa shape index (κ1) is 17.9. The number of rotatable bonds is 7. The molecule has 1 aliphatic rings. The molecule has 0 unspecified atom stereocenters. The summed E-state index contributed by atoms with van der Waals surface area (Å²) >= 11 is 0. The van der Waals surface area contributed by atoms with Crippen LogP contribution in [-0.2, 0) is 6.54 Å². The van der Waals surface area contributed by atoms with Crippen molar-refractivity contribution in [2.45, 2.75) is 20.4 Å². The van der Waals surface area contributed by atoms with Crippen LogP contribution in [0, 0.1) is 6.92 Å². The molecule has 7 nitrogen and oxygen atoms in total. The summed E-state index contributed by atoms with van der Waals surface area (Å²) in [6.45, 7) is 5.37. The molecule has 0 amide bonds. The lowest BCUT2D eigenvalue weighted by Crippen LogP contribution is -2.06. The van der Waals surface area contributed by atoms with Crippen LogP contribution >= 0.6 is 0 Å². The Hall–Kier alpha value is -3.48. The fourth-order valence-corrected chi connectivity index (χ4v) is 2.93. The molecule has 2 N–H and O–H groups in total. The molecule has 2 heterocycles. The van der Waals surface area contributed by atoms with E-state index in [0.29, 0.717) is 19.1 Å². The summed E-state index contributed by atoms with van der Waals surface area (Å²) in [5, 5.41) is 6.59. The molecule has 144 valence electrons. The van der Waals surface area contributed by atoms with E-state index >= 15 is 0 Å². The average molecular weight is 378 g/mol. The van der Waals surface area contributed by atoms with Gasteiger partial charge in [0.1, 0.15) is 11.6 Å². The van der Waals surface area contributed by atoms with Crippen molar-refractivity contribution in [2.24, 2.45) is 0 Å². The van der Waals surface area contributed by atoms with E-state index in [-0.39, 0.29) is 6.79 Å². The maximum absolute atomic E-state index is 5.66. The van der Waals surface area contributed by atoms with E-state index < -0.39 is 0 Å². The molecule has 0 aliphatic carbocycles. The predicted molar refractivity (Wildman–Crippen MR) is 108 cm³/mol. The van der Waals surface area contributed by atoms with Gasteiger partial charge in [0.15, 0.2) is 11.5 Å². The molecule has 0 saturated heterocycles. The van der Waals surface area contributed by atoms with E-state index in [1.54, 1.807) is 0 Å². The van der Waals surface area contributed by atoms with E-state index in [9.17, 15) is 0 Å². The Morgan fingerprint density at radius 3 is 2.79 bits per heavy atom. The first-order chi connectivity index (χ1) is 13.7. The van der Waals surface area contributed by atoms with Gasteiger partial charge in [0.25, 0.3) is 0 Å². The van der Waals surface area contributed by atoms with Gasteiger partial charge in [0, 0.05) is 18.3 Å². The quantitative estimate of drug-likeness (QED) is 0.636. The molecule has 3 aromatic rings. The van der Waals surface area contributed by atoms with Crippen LogP contribution in [0.3, 0.4) is 0 Å². The third-order valence-electron chi connectivity index (χ3n) is 4.20. The molecule has 4 rings (SSSR count). The lowest BCUT2D eigenvalue weighted by Gasteiger charge is -2.13. The van der Waals surface area contributed by atoms with Crippen LogP contribution in [0.4, 0.5) is 17.5 Å². The minimum absolute atomic E-state index is 0.273. The van der Waals surface area contributed by atoms with Crippen LogP contribution in [0.5, 0.6) is 17.2 Å². The van der Waals surface area contributed by atoms with E-state index in [1.807, 2.05) is 62.4 Å². The highest BCUT2D eigenvalue weighted by atomic mass is 16.7. The van der Waals surface area contributed by atoms with Gasteiger partial charge in [-0.05, 0) is 43.7 Å². The smallest absolute Gasteiger partial charge is 0.231 e. The van der Waals surface area contributed by atoms with Crippen molar-refractivity contribution in [3.05, 3.63) is 59.8 Å². The Morgan fingerprint density at radius 1 is 1.04 bits per heavy atom. The number of benzene rings is 2. The van der Waals surface area contributed by atoms with Gasteiger partial charge in [0.05, 0.1) is 12.3 Å². The summed E-state index contributed by atoms with van der Waals surface area (Å²) in [7, 11) is 0. The van der Waals surface area contributed by atoms with Crippen molar-refractivity contribution >= 4 is 17.5 Å². The van der Waals surface area contributed by atoms with Crippen LogP contribution in [-0.4, -0.2) is 23.4 Å². The maximum Gasteiger partial charge on any atom is 0.231 e. The fourth-order valence-electron chi connectivity index (χ4n) is 2.93. The van der Waals surface area contributed by atoms with Crippen molar-refractivity contribution in [2.75, 3.05) is 24.0 Å². The summed E-state index contributed by atoms with van der Waals surface area (Å²) in [6, 6.07) is 15.5. The van der Waals surface area contributed by atoms with Crippen molar-refractivity contribution in [3.8, 4) is 17.2 Å². The second kappa shape index (κ2) is 8.04. The summed E-state index contributed by atoms with van der Waals surface area (Å²) in [5.74, 6) is 3.57. The Labute approximate surface area is 163 Å².